The van der Waals surface area contributed by atoms with Gasteiger partial charge in [0.15, 0.2) is 0 Å². The van der Waals surface area contributed by atoms with Crippen LogP contribution >= 0.6 is 0 Å². The lowest BCUT2D eigenvalue weighted by Gasteiger charge is -2.16. The van der Waals surface area contributed by atoms with Crippen molar-refractivity contribution in [2.24, 2.45) is 0 Å². The molecule has 7 rings (SSSR count). The standard InChI is InChI=1S/C28H14O2/c29-24-14-23-18-8-3-6-16-13-22-17-7-2-1-5-15(17)11-12-19(22)27(25(16)18)20-9-4-10-21(26(20)23)28(24)30/h1-14H. The van der Waals surface area contributed by atoms with E-state index in [1.54, 1.807) is 6.07 Å². The summed E-state index contributed by atoms with van der Waals surface area (Å²) in [7, 11) is 0. The Morgan fingerprint density at radius 1 is 0.400 bits per heavy atom. The molecule has 0 spiro atoms. The van der Waals surface area contributed by atoms with Crippen molar-refractivity contribution in [3.63, 3.8) is 0 Å². The Morgan fingerprint density at radius 2 is 1.10 bits per heavy atom. The molecule has 2 nitrogen and oxygen atoms in total. The van der Waals surface area contributed by atoms with Gasteiger partial charge in [-0.2, -0.15) is 0 Å². The van der Waals surface area contributed by atoms with Crippen molar-refractivity contribution in [3.8, 4) is 0 Å². The Bertz CT molecular complexity index is 1930. The Kier molecular flexibility index (Phi) is 2.80. The van der Waals surface area contributed by atoms with E-state index in [1.165, 1.54) is 27.6 Å². The van der Waals surface area contributed by atoms with E-state index in [0.717, 1.165) is 37.7 Å². The van der Waals surface area contributed by atoms with Crippen molar-refractivity contribution in [3.05, 3.63) is 105 Å². The predicted molar refractivity (Wildman–Crippen MR) is 126 cm³/mol. The summed E-state index contributed by atoms with van der Waals surface area (Å²) >= 11 is 0. The van der Waals surface area contributed by atoms with Gasteiger partial charge in [0.2, 0.25) is 10.9 Å². The van der Waals surface area contributed by atoms with Crippen molar-refractivity contribution < 1.29 is 0 Å². The molecule has 0 aliphatic rings. The van der Waals surface area contributed by atoms with Crippen LogP contribution in [0, 0.1) is 0 Å². The molecule has 0 N–H and O–H groups in total. The number of benzene rings is 7. The van der Waals surface area contributed by atoms with Crippen LogP contribution in [-0.4, -0.2) is 0 Å². The van der Waals surface area contributed by atoms with Gasteiger partial charge in [-0.1, -0.05) is 72.8 Å². The van der Waals surface area contributed by atoms with Crippen molar-refractivity contribution in [1.82, 2.24) is 0 Å². The van der Waals surface area contributed by atoms with E-state index in [2.05, 4.69) is 60.7 Å². The SMILES string of the molecule is O=c1cc2c3cccc4cc5c6ccccc6ccc5c(c5cccc(c1=O)c25)c43. The van der Waals surface area contributed by atoms with Gasteiger partial charge in [-0.3, -0.25) is 9.59 Å². The zero-order chi connectivity index (χ0) is 20.0. The summed E-state index contributed by atoms with van der Waals surface area (Å²) in [6.07, 6.45) is 0. The van der Waals surface area contributed by atoms with Gasteiger partial charge in [-0.05, 0) is 66.0 Å². The Hall–Kier alpha value is -4.04. The van der Waals surface area contributed by atoms with Crippen LogP contribution in [0.1, 0.15) is 0 Å². The molecule has 0 aliphatic carbocycles. The average molecular weight is 382 g/mol. The zero-order valence-corrected chi connectivity index (χ0v) is 15.9. The van der Waals surface area contributed by atoms with Gasteiger partial charge in [0.25, 0.3) is 0 Å². The lowest BCUT2D eigenvalue weighted by Crippen LogP contribution is -2.22. The van der Waals surface area contributed by atoms with Gasteiger partial charge in [-0.15, -0.1) is 0 Å². The lowest BCUT2D eigenvalue weighted by atomic mass is 9.86. The lowest BCUT2D eigenvalue weighted by molar-refractivity contribution is 1.57. The van der Waals surface area contributed by atoms with Crippen molar-refractivity contribution >= 4 is 64.6 Å². The molecule has 0 heterocycles. The maximum Gasteiger partial charge on any atom is 0.233 e. The summed E-state index contributed by atoms with van der Waals surface area (Å²) in [5, 5.41) is 12.6. The minimum absolute atomic E-state index is 0.420. The molecule has 7 aromatic rings. The van der Waals surface area contributed by atoms with E-state index in [9.17, 15) is 9.59 Å². The second kappa shape index (κ2) is 5.31. The van der Waals surface area contributed by atoms with Crippen molar-refractivity contribution in [1.29, 1.82) is 0 Å². The smallest absolute Gasteiger partial charge is 0.233 e. The highest BCUT2D eigenvalue weighted by Crippen LogP contribution is 2.43. The number of hydrogen-bond donors (Lipinski definition) is 0. The van der Waals surface area contributed by atoms with Crippen LogP contribution in [0.5, 0.6) is 0 Å². The van der Waals surface area contributed by atoms with Gasteiger partial charge >= 0.3 is 0 Å². The average Bonchev–Trinajstić information content (AvgIpc) is 2.79. The molecule has 138 valence electrons. The Morgan fingerprint density at radius 3 is 2.03 bits per heavy atom. The number of hydrogen-bond acceptors (Lipinski definition) is 2. The largest absolute Gasteiger partial charge is 0.286 e. The first-order valence-electron chi connectivity index (χ1n) is 10.0. The van der Waals surface area contributed by atoms with Crippen LogP contribution < -0.4 is 10.9 Å². The molecule has 0 aliphatic heterocycles. The fourth-order valence-corrected chi connectivity index (χ4v) is 5.29. The van der Waals surface area contributed by atoms with E-state index >= 15 is 0 Å². The normalized spacial score (nSPS) is 12.3. The molecule has 0 atom stereocenters. The van der Waals surface area contributed by atoms with E-state index in [-0.39, 0.29) is 0 Å². The molecule has 2 heteroatoms. The molecule has 0 fully saturated rings. The fraction of sp³-hybridized carbons (Fsp3) is 0. The molecule has 0 amide bonds. The van der Waals surface area contributed by atoms with Gasteiger partial charge in [0, 0.05) is 10.8 Å². The van der Waals surface area contributed by atoms with Gasteiger partial charge in [0.1, 0.15) is 0 Å². The van der Waals surface area contributed by atoms with E-state index in [4.69, 9.17) is 0 Å². The highest BCUT2D eigenvalue weighted by atomic mass is 16.2. The number of fused-ring (bicyclic) bond motifs is 6. The summed E-state index contributed by atoms with van der Waals surface area (Å²) in [6, 6.07) is 28.5. The quantitative estimate of drug-likeness (QED) is 0.178. The third-order valence-electron chi connectivity index (χ3n) is 6.52. The van der Waals surface area contributed by atoms with Crippen LogP contribution in [0.15, 0.2) is 94.5 Å². The summed E-state index contributed by atoms with van der Waals surface area (Å²) < 4.78 is 0. The van der Waals surface area contributed by atoms with Gasteiger partial charge in [0.05, 0.1) is 0 Å². The van der Waals surface area contributed by atoms with Crippen LogP contribution in [0.2, 0.25) is 0 Å². The summed E-state index contributed by atoms with van der Waals surface area (Å²) in [5.74, 6) is 0. The molecule has 0 saturated carbocycles. The van der Waals surface area contributed by atoms with Crippen molar-refractivity contribution in [2.75, 3.05) is 0 Å². The maximum atomic E-state index is 12.7. The summed E-state index contributed by atoms with van der Waals surface area (Å²) in [6.45, 7) is 0. The van der Waals surface area contributed by atoms with E-state index < -0.39 is 10.9 Å². The monoisotopic (exact) mass is 382 g/mol. The van der Waals surface area contributed by atoms with Gasteiger partial charge < -0.3 is 0 Å². The third-order valence-corrected chi connectivity index (χ3v) is 6.52. The van der Waals surface area contributed by atoms with Gasteiger partial charge in [-0.25, -0.2) is 0 Å². The molecule has 7 aromatic carbocycles. The Labute approximate surface area is 170 Å². The molecule has 0 radical (unpaired) electrons. The molecule has 0 aromatic heterocycles. The second-order valence-corrected chi connectivity index (χ2v) is 8.02. The Balaban J connectivity index is 1.94. The minimum atomic E-state index is -0.443. The third kappa shape index (κ3) is 1.79. The maximum absolute atomic E-state index is 12.7. The molecule has 0 unspecified atom stereocenters. The van der Waals surface area contributed by atoms with Crippen LogP contribution in [0.3, 0.4) is 0 Å². The van der Waals surface area contributed by atoms with Crippen LogP contribution in [0.4, 0.5) is 0 Å². The first-order valence-corrected chi connectivity index (χ1v) is 10.0. The first kappa shape index (κ1) is 15.8. The topological polar surface area (TPSA) is 34.1 Å². The van der Waals surface area contributed by atoms with Crippen molar-refractivity contribution in [2.45, 2.75) is 0 Å². The highest BCUT2D eigenvalue weighted by Gasteiger charge is 2.18. The first-order chi connectivity index (χ1) is 14.7. The molecule has 0 saturated heterocycles. The molecule has 0 bridgehead atoms. The minimum Gasteiger partial charge on any atom is -0.286 e. The fourth-order valence-electron chi connectivity index (χ4n) is 5.29. The van der Waals surface area contributed by atoms with Crippen LogP contribution in [-0.2, 0) is 0 Å². The predicted octanol–water partition coefficient (Wildman–Crippen LogP) is 6.20. The summed E-state index contributed by atoms with van der Waals surface area (Å²) in [4.78, 5) is 25.1. The van der Waals surface area contributed by atoms with E-state index in [0.29, 0.717) is 5.39 Å². The summed E-state index contributed by atoms with van der Waals surface area (Å²) in [5.41, 5.74) is -0.862. The second-order valence-electron chi connectivity index (χ2n) is 8.02. The molecule has 30 heavy (non-hydrogen) atoms. The molecular weight excluding hydrogens is 368 g/mol. The number of rotatable bonds is 0. The zero-order valence-electron chi connectivity index (χ0n) is 15.9. The van der Waals surface area contributed by atoms with Crippen LogP contribution in [0.25, 0.3) is 64.6 Å². The van der Waals surface area contributed by atoms with E-state index in [1.807, 2.05) is 12.1 Å². The molecular formula is C28H14O2. The highest BCUT2D eigenvalue weighted by molar-refractivity contribution is 6.39.